The third kappa shape index (κ3) is 55.9. The van der Waals surface area contributed by atoms with Crippen molar-refractivity contribution in [1.29, 1.82) is 0 Å². The molecule has 486 valence electrons. The first kappa shape index (κ1) is 80.1. The molecule has 0 spiro atoms. The Morgan fingerprint density at radius 2 is 0.622 bits per heavy atom. The van der Waals surface area contributed by atoms with Crippen LogP contribution in [0.1, 0.15) is 311 Å². The van der Waals surface area contributed by atoms with Crippen LogP contribution < -0.4 is 0 Å². The number of phosphoric acid groups is 2. The molecule has 0 aromatic heterocycles. The van der Waals surface area contributed by atoms with Gasteiger partial charge in [0.1, 0.15) is 19.3 Å². The normalized spacial score (nSPS) is 14.7. The summed E-state index contributed by atoms with van der Waals surface area (Å²) in [4.78, 5) is 72.1. The summed E-state index contributed by atoms with van der Waals surface area (Å²) in [7, 11) is -9.88. The quantitative estimate of drug-likeness (QED) is 0.0222. The Hall–Kier alpha value is -1.94. The molecular formula is C63H122O17P2. The van der Waals surface area contributed by atoms with E-state index in [0.717, 1.165) is 109 Å². The van der Waals surface area contributed by atoms with Crippen LogP contribution in [-0.2, 0) is 65.4 Å². The van der Waals surface area contributed by atoms with Gasteiger partial charge < -0.3 is 33.8 Å². The highest BCUT2D eigenvalue weighted by Gasteiger charge is 2.30. The molecule has 0 rings (SSSR count). The van der Waals surface area contributed by atoms with Gasteiger partial charge >= 0.3 is 39.5 Å². The standard InChI is InChI=1S/C63H122O17P2/c1-7-10-12-14-16-18-19-20-21-22-23-24-26-35-41-47-62(67)79-58(52-74-61(66)46-40-34-30-28-32-38-44-56(6)9-3)53-77-81(69,70)75-49-57(64)50-76-82(71,72)78-54-59(51-73-60(65)45-39-33-25-17-15-13-11-8-2)80-63(68)48-42-36-29-27-31-37-43-55(4)5/h55-59,64H,7-54H2,1-6H3,(H,69,70)(H,71,72)/t56?,57-,58-,59-/m1/s1. The van der Waals surface area contributed by atoms with Crippen LogP contribution in [0.15, 0.2) is 0 Å². The van der Waals surface area contributed by atoms with Crippen molar-refractivity contribution in [1.82, 2.24) is 0 Å². The molecule has 3 N–H and O–H groups in total. The summed E-state index contributed by atoms with van der Waals surface area (Å²) in [5.41, 5.74) is 0. The molecule has 0 radical (unpaired) electrons. The Morgan fingerprint density at radius 3 is 0.927 bits per heavy atom. The van der Waals surface area contributed by atoms with Crippen LogP contribution in [0.5, 0.6) is 0 Å². The Kier molecular flexibility index (Phi) is 54.3. The van der Waals surface area contributed by atoms with Crippen molar-refractivity contribution < 1.29 is 80.2 Å². The fraction of sp³-hybridized carbons (Fsp3) is 0.937. The van der Waals surface area contributed by atoms with Crippen LogP contribution in [0.2, 0.25) is 0 Å². The first-order valence-electron chi connectivity index (χ1n) is 33.0. The molecule has 6 atom stereocenters. The molecular weight excluding hydrogens is 1090 g/mol. The van der Waals surface area contributed by atoms with Gasteiger partial charge in [-0.2, -0.15) is 0 Å². The van der Waals surface area contributed by atoms with Gasteiger partial charge in [-0.25, -0.2) is 9.13 Å². The molecule has 17 nitrogen and oxygen atoms in total. The number of carbonyl (C=O) groups is 4. The summed E-state index contributed by atoms with van der Waals surface area (Å²) in [6.45, 7) is 9.33. The lowest BCUT2D eigenvalue weighted by molar-refractivity contribution is -0.161. The average Bonchev–Trinajstić information content (AvgIpc) is 3.45. The third-order valence-corrected chi connectivity index (χ3v) is 16.7. The van der Waals surface area contributed by atoms with E-state index in [4.69, 9.17) is 37.0 Å². The lowest BCUT2D eigenvalue weighted by atomic mass is 10.00. The highest BCUT2D eigenvalue weighted by atomic mass is 31.2. The van der Waals surface area contributed by atoms with Crippen molar-refractivity contribution in [2.75, 3.05) is 39.6 Å². The Balaban J connectivity index is 5.21. The van der Waals surface area contributed by atoms with E-state index in [1.165, 1.54) is 116 Å². The minimum Gasteiger partial charge on any atom is -0.462 e. The maximum atomic E-state index is 13.0. The molecule has 0 bridgehead atoms. The zero-order chi connectivity index (χ0) is 60.8. The van der Waals surface area contributed by atoms with Gasteiger partial charge in [0.15, 0.2) is 12.2 Å². The molecule has 0 saturated carbocycles. The van der Waals surface area contributed by atoms with E-state index in [1.54, 1.807) is 0 Å². The van der Waals surface area contributed by atoms with Crippen LogP contribution in [0, 0.1) is 11.8 Å². The van der Waals surface area contributed by atoms with Crippen molar-refractivity contribution in [3.8, 4) is 0 Å². The molecule has 0 aliphatic heterocycles. The smallest absolute Gasteiger partial charge is 0.462 e. The van der Waals surface area contributed by atoms with E-state index in [9.17, 15) is 43.2 Å². The van der Waals surface area contributed by atoms with Gasteiger partial charge in [-0.15, -0.1) is 0 Å². The van der Waals surface area contributed by atoms with E-state index in [-0.39, 0.29) is 25.7 Å². The van der Waals surface area contributed by atoms with E-state index < -0.39 is 97.5 Å². The van der Waals surface area contributed by atoms with Crippen LogP contribution in [0.25, 0.3) is 0 Å². The van der Waals surface area contributed by atoms with E-state index in [1.807, 2.05) is 0 Å². The van der Waals surface area contributed by atoms with Gasteiger partial charge in [0, 0.05) is 25.7 Å². The molecule has 0 amide bonds. The van der Waals surface area contributed by atoms with Crippen molar-refractivity contribution in [3.63, 3.8) is 0 Å². The number of carbonyl (C=O) groups excluding carboxylic acids is 4. The van der Waals surface area contributed by atoms with Crippen molar-refractivity contribution >= 4 is 39.5 Å². The van der Waals surface area contributed by atoms with Crippen molar-refractivity contribution in [2.24, 2.45) is 11.8 Å². The summed E-state index contributed by atoms with van der Waals surface area (Å²) >= 11 is 0. The second-order valence-electron chi connectivity index (χ2n) is 23.5. The Labute approximate surface area is 498 Å². The first-order valence-corrected chi connectivity index (χ1v) is 36.0. The molecule has 0 aliphatic rings. The van der Waals surface area contributed by atoms with E-state index >= 15 is 0 Å². The predicted octanol–water partition coefficient (Wildman–Crippen LogP) is 17.3. The second-order valence-corrected chi connectivity index (χ2v) is 26.4. The highest BCUT2D eigenvalue weighted by molar-refractivity contribution is 7.47. The number of ether oxygens (including phenoxy) is 4. The minimum atomic E-state index is -4.94. The average molecular weight is 1210 g/mol. The summed E-state index contributed by atoms with van der Waals surface area (Å²) in [6, 6.07) is 0. The van der Waals surface area contributed by atoms with Crippen LogP contribution in [0.3, 0.4) is 0 Å². The number of esters is 4. The number of aliphatic hydroxyl groups excluding tert-OH is 1. The largest absolute Gasteiger partial charge is 0.472 e. The summed E-state index contributed by atoms with van der Waals surface area (Å²) in [5, 5.41) is 10.5. The molecule has 0 aromatic carbocycles. The highest BCUT2D eigenvalue weighted by Crippen LogP contribution is 2.45. The SMILES string of the molecule is CCCCCCCCCCCCCCCCCC(=O)O[C@H](COC(=O)CCCCCCCCC(C)CC)COP(=O)(O)OC[C@@H](O)COP(=O)(O)OC[C@@H](COC(=O)CCCCCCCCCC)OC(=O)CCCCCCCCC(C)C. The number of unbranched alkanes of at least 4 members (excludes halogenated alkanes) is 31. The fourth-order valence-corrected chi connectivity index (χ4v) is 10.9. The molecule has 3 unspecified atom stereocenters. The molecule has 0 aliphatic carbocycles. The maximum absolute atomic E-state index is 13.0. The van der Waals surface area contributed by atoms with E-state index in [0.29, 0.717) is 31.6 Å². The zero-order valence-corrected chi connectivity index (χ0v) is 54.6. The summed E-state index contributed by atoms with van der Waals surface area (Å²) in [5.74, 6) is -0.741. The number of hydrogen-bond donors (Lipinski definition) is 3. The lowest BCUT2D eigenvalue weighted by Gasteiger charge is -2.21. The Bertz CT molecular complexity index is 1620. The lowest BCUT2D eigenvalue weighted by Crippen LogP contribution is -2.30. The molecule has 0 fully saturated rings. The van der Waals surface area contributed by atoms with Crippen LogP contribution >= 0.6 is 15.6 Å². The monoisotopic (exact) mass is 1210 g/mol. The number of phosphoric ester groups is 2. The van der Waals surface area contributed by atoms with E-state index in [2.05, 4.69) is 41.5 Å². The number of rotatable bonds is 62. The maximum Gasteiger partial charge on any atom is 0.472 e. The van der Waals surface area contributed by atoms with Gasteiger partial charge in [0.2, 0.25) is 0 Å². The molecule has 82 heavy (non-hydrogen) atoms. The predicted molar refractivity (Wildman–Crippen MR) is 326 cm³/mol. The zero-order valence-electron chi connectivity index (χ0n) is 52.8. The topological polar surface area (TPSA) is 237 Å². The number of hydrogen-bond acceptors (Lipinski definition) is 15. The van der Waals surface area contributed by atoms with Crippen LogP contribution in [-0.4, -0.2) is 96.7 Å². The minimum absolute atomic E-state index is 0.102. The molecule has 0 aromatic rings. The van der Waals surface area contributed by atoms with Crippen molar-refractivity contribution in [2.45, 2.75) is 330 Å². The van der Waals surface area contributed by atoms with Gasteiger partial charge in [-0.3, -0.25) is 37.3 Å². The summed E-state index contributed by atoms with van der Waals surface area (Å²) in [6.07, 6.45) is 37.8. The Morgan fingerprint density at radius 1 is 0.354 bits per heavy atom. The first-order chi connectivity index (χ1) is 39.4. The van der Waals surface area contributed by atoms with Crippen LogP contribution in [0.4, 0.5) is 0 Å². The molecule has 19 heteroatoms. The van der Waals surface area contributed by atoms with Gasteiger partial charge in [0.25, 0.3) is 0 Å². The fourth-order valence-electron chi connectivity index (χ4n) is 9.32. The third-order valence-electron chi connectivity index (χ3n) is 14.8. The molecule has 0 heterocycles. The van der Waals surface area contributed by atoms with Gasteiger partial charge in [-0.1, -0.05) is 260 Å². The second kappa shape index (κ2) is 55.6. The van der Waals surface area contributed by atoms with Gasteiger partial charge in [0.05, 0.1) is 26.4 Å². The molecule has 0 saturated heterocycles. The van der Waals surface area contributed by atoms with Gasteiger partial charge in [-0.05, 0) is 37.5 Å². The number of aliphatic hydroxyl groups is 1. The summed E-state index contributed by atoms with van der Waals surface area (Å²) < 4.78 is 67.9. The van der Waals surface area contributed by atoms with Crippen molar-refractivity contribution in [3.05, 3.63) is 0 Å².